The summed E-state index contributed by atoms with van der Waals surface area (Å²) < 4.78 is 5.69. The molecule has 0 aromatic carbocycles. The molecular formula is C24H39IN2O6. The normalized spacial score (nSPS) is 16.2. The second-order valence-corrected chi connectivity index (χ2v) is 10.8. The average Bonchev–Trinajstić information content (AvgIpc) is 2.76. The van der Waals surface area contributed by atoms with E-state index >= 15 is 0 Å². The van der Waals surface area contributed by atoms with E-state index in [1.807, 2.05) is 0 Å². The molecule has 0 bridgehead atoms. The van der Waals surface area contributed by atoms with Crippen LogP contribution in [0.25, 0.3) is 0 Å². The summed E-state index contributed by atoms with van der Waals surface area (Å²) >= 11 is 2.34. The van der Waals surface area contributed by atoms with E-state index in [4.69, 9.17) is 9.84 Å². The van der Waals surface area contributed by atoms with E-state index in [-0.39, 0.29) is 17.9 Å². The molecule has 2 fully saturated rings. The fraction of sp³-hybridized carbons (Fsp3) is 0.667. The lowest BCUT2D eigenvalue weighted by atomic mass is 10.1. The third kappa shape index (κ3) is 18.2. The van der Waals surface area contributed by atoms with Gasteiger partial charge in [0, 0.05) is 54.4 Å². The Morgan fingerprint density at radius 1 is 0.727 bits per heavy atom. The number of rotatable bonds is 5. The van der Waals surface area contributed by atoms with E-state index in [9.17, 15) is 19.2 Å². The molecule has 0 atom stereocenters. The third-order valence-electron chi connectivity index (χ3n) is 4.42. The van der Waals surface area contributed by atoms with Gasteiger partial charge in [0.25, 0.3) is 0 Å². The summed E-state index contributed by atoms with van der Waals surface area (Å²) in [5.74, 6) is -1.83. The molecule has 33 heavy (non-hydrogen) atoms. The lowest BCUT2D eigenvalue weighted by Gasteiger charge is -2.25. The summed E-state index contributed by atoms with van der Waals surface area (Å²) in [7, 11) is 0. The zero-order valence-corrected chi connectivity index (χ0v) is 22.5. The van der Waals surface area contributed by atoms with Crippen molar-refractivity contribution in [2.24, 2.45) is 0 Å². The molecule has 0 aromatic heterocycles. The number of alkyl halides is 1. The van der Waals surface area contributed by atoms with Crippen LogP contribution in [0.4, 0.5) is 0 Å². The average molecular weight is 578 g/mol. The first-order chi connectivity index (χ1) is 15.5. The fourth-order valence-corrected chi connectivity index (χ4v) is 2.99. The summed E-state index contributed by atoms with van der Waals surface area (Å²) in [5.41, 5.74) is 0. The number of carbonyl (C=O) groups is 4. The van der Waals surface area contributed by atoms with Crippen LogP contribution < -0.4 is 0 Å². The molecule has 0 aliphatic carbocycles. The minimum atomic E-state index is -1.08. The molecule has 188 valence electrons. The van der Waals surface area contributed by atoms with Crippen LogP contribution in [-0.4, -0.2) is 74.9 Å². The van der Waals surface area contributed by atoms with Crippen molar-refractivity contribution in [2.45, 2.75) is 76.2 Å². The second-order valence-electron chi connectivity index (χ2n) is 8.28. The van der Waals surface area contributed by atoms with Crippen molar-refractivity contribution in [3.05, 3.63) is 24.3 Å². The van der Waals surface area contributed by atoms with Crippen molar-refractivity contribution in [1.29, 1.82) is 0 Å². The number of esters is 1. The monoisotopic (exact) mass is 578 g/mol. The molecule has 8 nitrogen and oxygen atoms in total. The topological polar surface area (TPSA) is 104 Å². The number of hydrogen-bond acceptors (Lipinski definition) is 5. The van der Waals surface area contributed by atoms with Crippen LogP contribution in [0.3, 0.4) is 0 Å². The van der Waals surface area contributed by atoms with Gasteiger partial charge in [-0.05, 0) is 52.4 Å². The maximum absolute atomic E-state index is 11.6. The Kier molecular flexibility index (Phi) is 17.4. The van der Waals surface area contributed by atoms with Gasteiger partial charge in [0.05, 0.1) is 6.10 Å². The SMILES string of the molecule is CC(C)I.CC(C)OC(=O)/C=C\C(=O)N1CCCCC1.O=C(O)/C=C\C(=O)N1CCCCC1. The number of halogens is 1. The molecule has 2 aliphatic heterocycles. The molecule has 2 heterocycles. The van der Waals surface area contributed by atoms with Crippen molar-refractivity contribution in [3.8, 4) is 0 Å². The number of amides is 2. The van der Waals surface area contributed by atoms with Gasteiger partial charge in [-0.25, -0.2) is 9.59 Å². The highest BCUT2D eigenvalue weighted by Crippen LogP contribution is 2.09. The predicted octanol–water partition coefficient (Wildman–Crippen LogP) is 3.98. The first-order valence-electron chi connectivity index (χ1n) is 11.5. The molecule has 0 spiro atoms. The Hall–Kier alpha value is -1.91. The number of carbonyl (C=O) groups excluding carboxylic acids is 3. The Morgan fingerprint density at radius 2 is 1.09 bits per heavy atom. The minimum Gasteiger partial charge on any atom is -0.478 e. The molecule has 1 N–H and O–H groups in total. The summed E-state index contributed by atoms with van der Waals surface area (Å²) in [5, 5.41) is 8.30. The van der Waals surface area contributed by atoms with Crippen molar-refractivity contribution >= 4 is 46.3 Å². The van der Waals surface area contributed by atoms with Crippen LogP contribution in [0.1, 0.15) is 66.2 Å². The fourth-order valence-electron chi connectivity index (χ4n) is 2.99. The highest BCUT2D eigenvalue weighted by Gasteiger charge is 2.15. The molecule has 2 saturated heterocycles. The zero-order valence-electron chi connectivity index (χ0n) is 20.3. The van der Waals surface area contributed by atoms with Crippen LogP contribution in [0.2, 0.25) is 0 Å². The number of carboxylic acid groups (broad SMARTS) is 1. The summed E-state index contributed by atoms with van der Waals surface area (Å²) in [6.45, 7) is 11.0. The molecule has 2 amide bonds. The molecule has 0 radical (unpaired) electrons. The van der Waals surface area contributed by atoms with E-state index in [0.717, 1.165) is 74.4 Å². The van der Waals surface area contributed by atoms with Gasteiger partial charge in [-0.3, -0.25) is 9.59 Å². The third-order valence-corrected chi connectivity index (χ3v) is 4.42. The lowest BCUT2D eigenvalue weighted by Crippen LogP contribution is -2.34. The van der Waals surface area contributed by atoms with Crippen molar-refractivity contribution in [2.75, 3.05) is 26.2 Å². The van der Waals surface area contributed by atoms with Crippen LogP contribution in [0.5, 0.6) is 0 Å². The first-order valence-corrected chi connectivity index (χ1v) is 12.8. The van der Waals surface area contributed by atoms with Crippen molar-refractivity contribution < 1.29 is 29.0 Å². The van der Waals surface area contributed by atoms with Gasteiger partial charge in [0.1, 0.15) is 0 Å². The zero-order chi connectivity index (χ0) is 25.2. The number of likely N-dealkylation sites (tertiary alicyclic amines) is 2. The molecule has 0 saturated carbocycles. The Morgan fingerprint density at radius 3 is 1.42 bits per heavy atom. The number of nitrogens with zero attached hydrogens (tertiary/aromatic N) is 2. The molecule has 2 aliphatic rings. The van der Waals surface area contributed by atoms with E-state index in [0.29, 0.717) is 0 Å². The van der Waals surface area contributed by atoms with Crippen LogP contribution in [0.15, 0.2) is 24.3 Å². The van der Waals surface area contributed by atoms with E-state index in [2.05, 4.69) is 36.4 Å². The number of hydrogen-bond donors (Lipinski definition) is 1. The van der Waals surface area contributed by atoms with E-state index in [1.54, 1.807) is 23.6 Å². The summed E-state index contributed by atoms with van der Waals surface area (Å²) in [4.78, 5) is 47.6. The molecule has 0 unspecified atom stereocenters. The Bertz CT molecular complexity index is 661. The van der Waals surface area contributed by atoms with Gasteiger partial charge in [0.15, 0.2) is 0 Å². The summed E-state index contributed by atoms with van der Waals surface area (Å²) in [6, 6.07) is 0. The number of piperidine rings is 2. The van der Waals surface area contributed by atoms with Crippen LogP contribution in [-0.2, 0) is 23.9 Å². The number of ether oxygens (including phenoxy) is 1. The lowest BCUT2D eigenvalue weighted by molar-refractivity contribution is -0.141. The molecule has 0 aromatic rings. The van der Waals surface area contributed by atoms with E-state index < -0.39 is 11.9 Å². The number of carboxylic acids is 1. The minimum absolute atomic E-state index is 0.0968. The molecule has 9 heteroatoms. The highest BCUT2D eigenvalue weighted by molar-refractivity contribution is 14.1. The maximum atomic E-state index is 11.6. The maximum Gasteiger partial charge on any atom is 0.331 e. The largest absolute Gasteiger partial charge is 0.478 e. The molecular weight excluding hydrogens is 539 g/mol. The first kappa shape index (κ1) is 31.1. The van der Waals surface area contributed by atoms with E-state index in [1.165, 1.54) is 18.6 Å². The van der Waals surface area contributed by atoms with Gasteiger partial charge in [-0.15, -0.1) is 0 Å². The van der Waals surface area contributed by atoms with Gasteiger partial charge < -0.3 is 19.6 Å². The summed E-state index contributed by atoms with van der Waals surface area (Å²) in [6.07, 6.45) is 10.8. The van der Waals surface area contributed by atoms with Crippen LogP contribution >= 0.6 is 22.6 Å². The van der Waals surface area contributed by atoms with Crippen molar-refractivity contribution in [3.63, 3.8) is 0 Å². The number of aliphatic carboxylic acids is 1. The molecule has 2 rings (SSSR count). The highest BCUT2D eigenvalue weighted by atomic mass is 127. The van der Waals surface area contributed by atoms with Gasteiger partial charge in [-0.1, -0.05) is 36.4 Å². The van der Waals surface area contributed by atoms with Gasteiger partial charge in [-0.2, -0.15) is 0 Å². The van der Waals surface area contributed by atoms with Crippen LogP contribution in [0, 0.1) is 0 Å². The Labute approximate surface area is 211 Å². The second kappa shape index (κ2) is 18.5. The standard InChI is InChI=1S/C12H19NO3.C9H13NO3.C3H7I/c1-10(2)16-12(15)7-6-11(14)13-8-4-3-5-9-13;11-8(4-5-9(12)13)10-6-2-1-3-7-10;1-3(2)4/h6-7,10H,3-5,8-9H2,1-2H3;4-5H,1-3,6-7H2,(H,12,13);3H,1-2H3/b7-6-;5-4-;. The quantitative estimate of drug-likeness (QED) is 0.229. The van der Waals surface area contributed by atoms with Gasteiger partial charge >= 0.3 is 11.9 Å². The van der Waals surface area contributed by atoms with Crippen molar-refractivity contribution in [1.82, 2.24) is 9.80 Å². The predicted molar refractivity (Wildman–Crippen MR) is 137 cm³/mol. The Balaban J connectivity index is 0.000000542. The van der Waals surface area contributed by atoms with Gasteiger partial charge in [0.2, 0.25) is 11.8 Å². The smallest absolute Gasteiger partial charge is 0.331 e.